The number of methoxy groups -OCH3 is 1. The number of epoxide rings is 1. The summed E-state index contributed by atoms with van der Waals surface area (Å²) in [6.07, 6.45) is 1.55. The fourth-order valence-corrected chi connectivity index (χ4v) is 7.13. The number of fused-ring (bicyclic) bond motifs is 3. The molecule has 8 heteroatoms. The van der Waals surface area contributed by atoms with Crippen LogP contribution in [-0.4, -0.2) is 72.0 Å². The smallest absolute Gasteiger partial charge is 0.308 e. The highest BCUT2D eigenvalue weighted by atomic mass is 16.8. The lowest BCUT2D eigenvalue weighted by molar-refractivity contribution is -0.239. The van der Waals surface area contributed by atoms with Gasteiger partial charge < -0.3 is 33.5 Å². The van der Waals surface area contributed by atoms with E-state index < -0.39 is 29.9 Å². The third kappa shape index (κ3) is 5.43. The van der Waals surface area contributed by atoms with Crippen LogP contribution in [0.5, 0.6) is 0 Å². The molecule has 202 valence electrons. The van der Waals surface area contributed by atoms with Gasteiger partial charge in [0.1, 0.15) is 12.2 Å². The Morgan fingerprint density at radius 1 is 1.11 bits per heavy atom. The molecule has 12 atom stereocenters. The van der Waals surface area contributed by atoms with E-state index in [1.165, 1.54) is 0 Å². The fraction of sp³-hybridized carbons (Fsp3) is 0.963. The van der Waals surface area contributed by atoms with Crippen LogP contribution in [0.3, 0.4) is 0 Å². The Morgan fingerprint density at radius 3 is 2.46 bits per heavy atom. The molecule has 0 radical (unpaired) electrons. The molecule has 0 amide bonds. The van der Waals surface area contributed by atoms with Crippen LogP contribution in [0.25, 0.3) is 0 Å². The summed E-state index contributed by atoms with van der Waals surface area (Å²) in [7, 11) is 1.64. The van der Waals surface area contributed by atoms with Gasteiger partial charge in [0.25, 0.3) is 0 Å². The normalized spacial score (nSPS) is 50.0. The molecular formula is C27H46O8. The SMILES string of the molecule is CCCC(C)(O)[C@@H]1OC(=O)C[C@H](O[C@H]2CC3(OC)O[C@H]3C(C)O2)[C@H](C)C[C@@]2(C)CC(C)C(O2)[C@H]1C. The molecule has 4 fully saturated rings. The molecule has 5 unspecified atom stereocenters. The molecule has 0 aromatic carbocycles. The number of hydrogen-bond acceptors (Lipinski definition) is 8. The lowest BCUT2D eigenvalue weighted by Crippen LogP contribution is -2.50. The van der Waals surface area contributed by atoms with Crippen molar-refractivity contribution in [2.45, 2.75) is 141 Å². The van der Waals surface area contributed by atoms with Gasteiger partial charge in [-0.2, -0.15) is 0 Å². The monoisotopic (exact) mass is 498 g/mol. The first kappa shape index (κ1) is 27.3. The van der Waals surface area contributed by atoms with Gasteiger partial charge in [-0.25, -0.2) is 0 Å². The summed E-state index contributed by atoms with van der Waals surface area (Å²) in [5.41, 5.74) is -1.49. The highest BCUT2D eigenvalue weighted by molar-refractivity contribution is 5.70. The summed E-state index contributed by atoms with van der Waals surface area (Å²) >= 11 is 0. The van der Waals surface area contributed by atoms with Crippen molar-refractivity contribution in [1.82, 2.24) is 0 Å². The number of carbonyl (C=O) groups is 1. The van der Waals surface area contributed by atoms with Crippen LogP contribution in [0.1, 0.15) is 87.0 Å². The zero-order valence-corrected chi connectivity index (χ0v) is 22.7. The molecule has 4 saturated heterocycles. The minimum atomic E-state index is -1.15. The van der Waals surface area contributed by atoms with Crippen molar-refractivity contribution in [3.05, 3.63) is 0 Å². The second-order valence-electron chi connectivity index (χ2n) is 12.2. The van der Waals surface area contributed by atoms with Gasteiger partial charge in [0.05, 0.1) is 42.4 Å². The lowest BCUT2D eigenvalue weighted by atomic mass is 9.78. The Hall–Kier alpha value is -0.770. The van der Waals surface area contributed by atoms with Crippen LogP contribution in [0.4, 0.5) is 0 Å². The van der Waals surface area contributed by atoms with Crippen molar-refractivity contribution in [1.29, 1.82) is 0 Å². The lowest BCUT2D eigenvalue weighted by Gasteiger charge is -2.39. The molecular weight excluding hydrogens is 452 g/mol. The van der Waals surface area contributed by atoms with Crippen LogP contribution in [0.2, 0.25) is 0 Å². The highest BCUT2D eigenvalue weighted by Gasteiger charge is 2.65. The first-order valence-electron chi connectivity index (χ1n) is 13.5. The molecule has 8 nitrogen and oxygen atoms in total. The van der Waals surface area contributed by atoms with E-state index in [-0.39, 0.29) is 54.1 Å². The first-order valence-corrected chi connectivity index (χ1v) is 13.5. The van der Waals surface area contributed by atoms with Gasteiger partial charge in [-0.15, -0.1) is 0 Å². The molecule has 4 heterocycles. The van der Waals surface area contributed by atoms with E-state index in [4.69, 9.17) is 28.4 Å². The Labute approximate surface area is 210 Å². The molecule has 2 bridgehead atoms. The molecule has 0 aromatic rings. The maximum atomic E-state index is 13.3. The number of esters is 1. The maximum absolute atomic E-state index is 13.3. The second-order valence-corrected chi connectivity index (χ2v) is 12.2. The number of rotatable bonds is 6. The van der Waals surface area contributed by atoms with Gasteiger partial charge in [0.2, 0.25) is 5.79 Å². The maximum Gasteiger partial charge on any atom is 0.308 e. The summed E-state index contributed by atoms with van der Waals surface area (Å²) < 4.78 is 36.7. The van der Waals surface area contributed by atoms with E-state index in [1.807, 2.05) is 20.8 Å². The van der Waals surface area contributed by atoms with Crippen LogP contribution in [0.15, 0.2) is 0 Å². The second kappa shape index (κ2) is 9.84. The summed E-state index contributed by atoms with van der Waals surface area (Å²) in [5, 5.41) is 11.3. The average Bonchev–Trinajstić information content (AvgIpc) is 3.42. The molecule has 0 aromatic heterocycles. The van der Waals surface area contributed by atoms with E-state index in [1.54, 1.807) is 14.0 Å². The standard InChI is InChI=1S/C27H46O8/c1-9-10-26(7,29)23-17(4)22-16(3)13-25(6,34-22)12-15(2)19(11-20(28)33-23)32-21-14-27(30-8)24(35-27)18(5)31-21/h15-19,21-24,29H,9-14H2,1-8H3/t15-,16?,17-,18?,19+,21+,22?,23-,24+,25+,26?,27?/m1/s1. The molecule has 0 aliphatic carbocycles. The van der Waals surface area contributed by atoms with Crippen molar-refractivity contribution in [2.24, 2.45) is 17.8 Å². The Balaban J connectivity index is 1.58. The molecule has 4 rings (SSSR count). The minimum Gasteiger partial charge on any atom is -0.459 e. The van der Waals surface area contributed by atoms with Gasteiger partial charge in [0, 0.05) is 13.0 Å². The van der Waals surface area contributed by atoms with E-state index >= 15 is 0 Å². The van der Waals surface area contributed by atoms with E-state index in [0.717, 1.165) is 19.3 Å². The van der Waals surface area contributed by atoms with Gasteiger partial charge in [0.15, 0.2) is 6.29 Å². The summed E-state index contributed by atoms with van der Waals surface area (Å²) in [4.78, 5) is 13.3. The summed E-state index contributed by atoms with van der Waals surface area (Å²) in [6, 6.07) is 0. The molecule has 1 N–H and O–H groups in total. The van der Waals surface area contributed by atoms with Crippen LogP contribution in [0, 0.1) is 17.8 Å². The highest BCUT2D eigenvalue weighted by Crippen LogP contribution is 2.50. The summed E-state index contributed by atoms with van der Waals surface area (Å²) in [6.45, 7) is 14.2. The molecule has 4 aliphatic rings. The van der Waals surface area contributed by atoms with Crippen LogP contribution >= 0.6 is 0 Å². The molecule has 35 heavy (non-hydrogen) atoms. The zero-order valence-electron chi connectivity index (χ0n) is 22.7. The van der Waals surface area contributed by atoms with Crippen molar-refractivity contribution in [3.8, 4) is 0 Å². The molecule has 0 spiro atoms. The average molecular weight is 499 g/mol. The first-order chi connectivity index (χ1) is 16.3. The Morgan fingerprint density at radius 2 is 1.80 bits per heavy atom. The number of ether oxygens (including phenoxy) is 6. The fourth-order valence-electron chi connectivity index (χ4n) is 7.13. The molecule has 4 aliphatic heterocycles. The van der Waals surface area contributed by atoms with Gasteiger partial charge >= 0.3 is 5.97 Å². The van der Waals surface area contributed by atoms with Crippen molar-refractivity contribution < 1.29 is 38.3 Å². The van der Waals surface area contributed by atoms with Crippen molar-refractivity contribution in [3.63, 3.8) is 0 Å². The zero-order chi connectivity index (χ0) is 25.8. The van der Waals surface area contributed by atoms with E-state index in [9.17, 15) is 9.90 Å². The quantitative estimate of drug-likeness (QED) is 0.434. The topological polar surface area (TPSA) is 96.0 Å². The predicted molar refractivity (Wildman–Crippen MR) is 128 cm³/mol. The predicted octanol–water partition coefficient (Wildman–Crippen LogP) is 3.96. The van der Waals surface area contributed by atoms with Crippen molar-refractivity contribution in [2.75, 3.05) is 7.11 Å². The molecule has 0 saturated carbocycles. The third-order valence-electron chi connectivity index (χ3n) is 8.73. The Kier molecular flexibility index (Phi) is 7.67. The van der Waals surface area contributed by atoms with Gasteiger partial charge in [-0.05, 0) is 51.9 Å². The summed E-state index contributed by atoms with van der Waals surface area (Å²) in [5.74, 6) is -0.860. The van der Waals surface area contributed by atoms with E-state index in [0.29, 0.717) is 12.8 Å². The van der Waals surface area contributed by atoms with Gasteiger partial charge in [-0.1, -0.05) is 34.1 Å². The number of cyclic esters (lactones) is 1. The van der Waals surface area contributed by atoms with E-state index in [2.05, 4.69) is 20.8 Å². The van der Waals surface area contributed by atoms with Gasteiger partial charge in [-0.3, -0.25) is 4.79 Å². The van der Waals surface area contributed by atoms with Crippen LogP contribution in [-0.2, 0) is 33.2 Å². The number of hydrogen-bond donors (Lipinski definition) is 1. The largest absolute Gasteiger partial charge is 0.459 e. The minimum absolute atomic E-state index is 0.0248. The van der Waals surface area contributed by atoms with Crippen LogP contribution < -0.4 is 0 Å². The van der Waals surface area contributed by atoms with Crippen molar-refractivity contribution >= 4 is 5.97 Å². The number of carbonyl (C=O) groups excluding carboxylic acids is 1. The Bertz CT molecular complexity index is 772. The number of aliphatic hydroxyl groups is 1. The third-order valence-corrected chi connectivity index (χ3v) is 8.73.